The lowest BCUT2D eigenvalue weighted by Gasteiger charge is -2.22. The Balaban J connectivity index is 1.55. The lowest BCUT2D eigenvalue weighted by atomic mass is 10.2. The van der Waals surface area contributed by atoms with Crippen molar-refractivity contribution in [1.29, 1.82) is 0 Å². The monoisotopic (exact) mass is 505 g/mol. The van der Waals surface area contributed by atoms with E-state index < -0.39 is 30.6 Å². The van der Waals surface area contributed by atoms with Gasteiger partial charge in [0.2, 0.25) is 5.95 Å². The van der Waals surface area contributed by atoms with Crippen LogP contribution in [0.3, 0.4) is 0 Å². The molecular weight excluding hydrogens is 482 g/mol. The van der Waals surface area contributed by atoms with Gasteiger partial charge in [-0.25, -0.2) is 19.5 Å². The number of rotatable bonds is 6. The number of amides is 3. The van der Waals surface area contributed by atoms with E-state index in [9.17, 15) is 19.8 Å². The number of fused-ring (bicyclic) bond motifs is 1. The molecule has 5 rings (SSSR count). The number of urea groups is 1. The fourth-order valence-electron chi connectivity index (χ4n) is 4.03. The van der Waals surface area contributed by atoms with E-state index in [1.54, 1.807) is 48.5 Å². The molecule has 1 aliphatic rings. The minimum absolute atomic E-state index is 0.106. The molecule has 3 heterocycles. The van der Waals surface area contributed by atoms with Gasteiger partial charge in [0.25, 0.3) is 5.88 Å². The summed E-state index contributed by atoms with van der Waals surface area (Å²) in [6.07, 6.45) is -1.65. The molecule has 0 spiro atoms. The number of para-hydroxylation sites is 2. The Morgan fingerprint density at radius 3 is 2.32 bits per heavy atom. The Labute approximate surface area is 210 Å². The van der Waals surface area contributed by atoms with E-state index in [1.165, 1.54) is 15.8 Å². The first-order chi connectivity index (χ1) is 17.9. The summed E-state index contributed by atoms with van der Waals surface area (Å²) >= 11 is 0. The molecule has 0 aliphatic carbocycles. The van der Waals surface area contributed by atoms with Gasteiger partial charge in [0, 0.05) is 6.42 Å². The quantitative estimate of drug-likeness (QED) is 0.306. The molecule has 3 atom stereocenters. The molecule has 190 valence electrons. The standard InChI is InChI=1S/C24H23N7O6/c25-22(34)29-23-27-20-19(26-13-30(20)18-11-16(33)17(12-32)36-18)21(28-23)37-24(35)31(14-7-3-1-4-8-14)15-9-5-2-6-10-15/h1-10,13,16-18,32-33H,11-12H2,(H3,25,27,28,29,34)/t16-,17+,18+/m0/s1. The normalized spacial score (nSPS) is 19.0. The summed E-state index contributed by atoms with van der Waals surface area (Å²) in [7, 11) is 0. The largest absolute Gasteiger partial charge is 0.425 e. The van der Waals surface area contributed by atoms with Crippen molar-refractivity contribution >= 4 is 40.6 Å². The summed E-state index contributed by atoms with van der Waals surface area (Å²) in [4.78, 5) is 39.1. The molecule has 0 unspecified atom stereocenters. The first-order valence-electron chi connectivity index (χ1n) is 11.3. The van der Waals surface area contributed by atoms with Crippen LogP contribution in [0.5, 0.6) is 5.88 Å². The molecule has 13 nitrogen and oxygen atoms in total. The number of imidazole rings is 1. The van der Waals surface area contributed by atoms with E-state index in [2.05, 4.69) is 20.3 Å². The van der Waals surface area contributed by atoms with Gasteiger partial charge in [-0.3, -0.25) is 9.88 Å². The molecule has 4 aromatic rings. The number of nitrogens with one attached hydrogen (secondary N) is 1. The molecule has 37 heavy (non-hydrogen) atoms. The molecule has 13 heteroatoms. The van der Waals surface area contributed by atoms with Crippen LogP contribution >= 0.6 is 0 Å². The molecular formula is C24H23N7O6. The third kappa shape index (κ3) is 4.91. The average molecular weight is 505 g/mol. The van der Waals surface area contributed by atoms with Gasteiger partial charge in [-0.2, -0.15) is 9.97 Å². The van der Waals surface area contributed by atoms with Crippen molar-refractivity contribution in [3.63, 3.8) is 0 Å². The first kappa shape index (κ1) is 24.1. The van der Waals surface area contributed by atoms with Crippen molar-refractivity contribution in [2.45, 2.75) is 24.9 Å². The Hall–Kier alpha value is -4.59. The van der Waals surface area contributed by atoms with Crippen molar-refractivity contribution in [3.8, 4) is 5.88 Å². The molecule has 1 aliphatic heterocycles. The number of aliphatic hydroxyl groups is 2. The minimum atomic E-state index is -0.925. The Bertz CT molecular complexity index is 1380. The maximum Gasteiger partial charge on any atom is 0.425 e. The van der Waals surface area contributed by atoms with E-state index in [0.717, 1.165) is 0 Å². The van der Waals surface area contributed by atoms with Crippen LogP contribution in [0, 0.1) is 0 Å². The van der Waals surface area contributed by atoms with Crippen LogP contribution in [0.1, 0.15) is 12.6 Å². The van der Waals surface area contributed by atoms with Gasteiger partial charge in [-0.15, -0.1) is 0 Å². The molecule has 2 aromatic carbocycles. The van der Waals surface area contributed by atoms with Crippen LogP contribution in [0.25, 0.3) is 11.2 Å². The number of anilines is 3. The number of hydrogen-bond donors (Lipinski definition) is 4. The lowest BCUT2D eigenvalue weighted by molar-refractivity contribution is -0.0432. The topological polar surface area (TPSA) is 178 Å². The second-order valence-corrected chi connectivity index (χ2v) is 8.15. The maximum atomic E-state index is 13.5. The summed E-state index contributed by atoms with van der Waals surface area (Å²) < 4.78 is 12.9. The van der Waals surface area contributed by atoms with Crippen LogP contribution in [-0.2, 0) is 4.74 Å². The number of ether oxygens (including phenoxy) is 2. The maximum absolute atomic E-state index is 13.5. The predicted octanol–water partition coefficient (Wildman–Crippen LogP) is 2.29. The molecule has 0 radical (unpaired) electrons. The number of aromatic nitrogens is 4. The number of aliphatic hydroxyl groups excluding tert-OH is 2. The van der Waals surface area contributed by atoms with Gasteiger partial charge < -0.3 is 25.4 Å². The van der Waals surface area contributed by atoms with E-state index in [4.69, 9.17) is 15.2 Å². The van der Waals surface area contributed by atoms with Crippen molar-refractivity contribution in [1.82, 2.24) is 19.5 Å². The smallest absolute Gasteiger partial charge is 0.394 e. The molecule has 1 saturated heterocycles. The molecule has 0 bridgehead atoms. The fourth-order valence-corrected chi connectivity index (χ4v) is 4.03. The number of nitrogens with two attached hydrogens (primary N) is 1. The van der Waals surface area contributed by atoms with Crippen LogP contribution in [0.15, 0.2) is 67.0 Å². The zero-order valence-corrected chi connectivity index (χ0v) is 19.3. The van der Waals surface area contributed by atoms with Crippen LogP contribution in [0.2, 0.25) is 0 Å². The van der Waals surface area contributed by atoms with Gasteiger partial charge in [-0.05, 0) is 24.3 Å². The van der Waals surface area contributed by atoms with Gasteiger partial charge in [0.05, 0.1) is 30.4 Å². The highest BCUT2D eigenvalue weighted by Crippen LogP contribution is 2.34. The summed E-state index contributed by atoms with van der Waals surface area (Å²) in [5.41, 5.74) is 6.62. The van der Waals surface area contributed by atoms with E-state index >= 15 is 0 Å². The number of carbonyl (C=O) groups excluding carboxylic acids is 2. The highest BCUT2D eigenvalue weighted by atomic mass is 16.6. The van der Waals surface area contributed by atoms with Crippen LogP contribution in [-0.4, -0.2) is 60.7 Å². The van der Waals surface area contributed by atoms with Crippen LogP contribution < -0.4 is 20.7 Å². The molecule has 0 saturated carbocycles. The molecule has 1 fully saturated rings. The number of benzene rings is 2. The second kappa shape index (κ2) is 10.2. The van der Waals surface area contributed by atoms with Crippen molar-refractivity contribution in [2.75, 3.05) is 16.8 Å². The Kier molecular flexibility index (Phi) is 6.64. The average Bonchev–Trinajstić information content (AvgIpc) is 3.48. The third-order valence-corrected chi connectivity index (χ3v) is 5.71. The first-order valence-corrected chi connectivity index (χ1v) is 11.3. The fraction of sp³-hybridized carbons (Fsp3) is 0.208. The SMILES string of the molecule is NC(=O)Nc1nc(OC(=O)N(c2ccccc2)c2ccccc2)c2ncn([C@H]3C[C@H](O)[C@@H](CO)O3)c2n1. The molecule has 3 amide bonds. The summed E-state index contributed by atoms with van der Waals surface area (Å²) in [5, 5.41) is 21.9. The highest BCUT2D eigenvalue weighted by Gasteiger charge is 2.36. The van der Waals surface area contributed by atoms with E-state index in [1.807, 2.05) is 12.1 Å². The Morgan fingerprint density at radius 2 is 1.76 bits per heavy atom. The van der Waals surface area contributed by atoms with Crippen molar-refractivity contribution < 1.29 is 29.3 Å². The Morgan fingerprint density at radius 1 is 1.11 bits per heavy atom. The molecule has 2 aromatic heterocycles. The zero-order chi connectivity index (χ0) is 25.9. The van der Waals surface area contributed by atoms with Crippen molar-refractivity contribution in [2.24, 2.45) is 5.73 Å². The minimum Gasteiger partial charge on any atom is -0.394 e. The van der Waals surface area contributed by atoms with Gasteiger partial charge in [0.15, 0.2) is 11.2 Å². The summed E-state index contributed by atoms with van der Waals surface area (Å²) in [5.74, 6) is -0.459. The van der Waals surface area contributed by atoms with Gasteiger partial charge in [0.1, 0.15) is 12.3 Å². The van der Waals surface area contributed by atoms with Crippen molar-refractivity contribution in [3.05, 3.63) is 67.0 Å². The van der Waals surface area contributed by atoms with Crippen LogP contribution in [0.4, 0.5) is 26.9 Å². The highest BCUT2D eigenvalue weighted by molar-refractivity contribution is 5.98. The number of primary amides is 1. The van der Waals surface area contributed by atoms with Gasteiger partial charge in [-0.1, -0.05) is 36.4 Å². The summed E-state index contributed by atoms with van der Waals surface area (Å²) in [6.45, 7) is -0.370. The second-order valence-electron chi connectivity index (χ2n) is 8.15. The number of carbonyl (C=O) groups is 2. The van der Waals surface area contributed by atoms with Gasteiger partial charge >= 0.3 is 12.1 Å². The molecule has 5 N–H and O–H groups in total. The third-order valence-electron chi connectivity index (χ3n) is 5.71. The summed E-state index contributed by atoms with van der Waals surface area (Å²) in [6, 6.07) is 16.9. The zero-order valence-electron chi connectivity index (χ0n) is 19.3. The number of nitrogens with zero attached hydrogens (tertiary/aromatic N) is 5. The number of hydrogen-bond acceptors (Lipinski definition) is 9. The van der Waals surface area contributed by atoms with E-state index in [0.29, 0.717) is 11.4 Å². The lowest BCUT2D eigenvalue weighted by Crippen LogP contribution is -2.29. The predicted molar refractivity (Wildman–Crippen MR) is 131 cm³/mol. The van der Waals surface area contributed by atoms with E-state index in [-0.39, 0.29) is 36.0 Å².